The smallest absolute Gasteiger partial charge is 0.155 e. The SMILES string of the molecule is CC1(O)C[B]CC2CCC(CO1)C2(C)C. The van der Waals surface area contributed by atoms with Crippen LogP contribution in [0.15, 0.2) is 0 Å². The molecule has 2 nitrogen and oxygen atoms in total. The summed E-state index contributed by atoms with van der Waals surface area (Å²) in [6.45, 7) is 7.19. The van der Waals surface area contributed by atoms with Gasteiger partial charge in [0.25, 0.3) is 0 Å². The number of aliphatic hydroxyl groups is 1. The van der Waals surface area contributed by atoms with Gasteiger partial charge in [-0.15, -0.1) is 0 Å². The molecule has 1 radical (unpaired) electrons. The fourth-order valence-corrected chi connectivity index (χ4v) is 3.09. The molecule has 2 rings (SSSR count). The van der Waals surface area contributed by atoms with Crippen LogP contribution in [0.3, 0.4) is 0 Å². The molecule has 85 valence electrons. The molecule has 0 aromatic rings. The van der Waals surface area contributed by atoms with Crippen molar-refractivity contribution in [2.75, 3.05) is 6.61 Å². The average molecular weight is 209 g/mol. The average Bonchev–Trinajstić information content (AvgIpc) is 2.41. The van der Waals surface area contributed by atoms with Crippen LogP contribution in [0, 0.1) is 17.3 Å². The first-order valence-electron chi connectivity index (χ1n) is 6.10. The van der Waals surface area contributed by atoms with Gasteiger partial charge in [0.05, 0.1) is 6.61 Å². The van der Waals surface area contributed by atoms with E-state index < -0.39 is 5.79 Å². The van der Waals surface area contributed by atoms with Crippen molar-refractivity contribution in [2.24, 2.45) is 17.3 Å². The van der Waals surface area contributed by atoms with Crippen molar-refractivity contribution >= 4 is 7.28 Å². The zero-order chi connectivity index (χ0) is 11.1. The number of hydrogen-bond acceptors (Lipinski definition) is 2. The van der Waals surface area contributed by atoms with Gasteiger partial charge in [-0.1, -0.05) is 26.6 Å². The molecule has 0 aromatic carbocycles. The fourth-order valence-electron chi connectivity index (χ4n) is 3.09. The van der Waals surface area contributed by atoms with Crippen LogP contribution in [0.4, 0.5) is 0 Å². The highest BCUT2D eigenvalue weighted by Crippen LogP contribution is 2.50. The van der Waals surface area contributed by atoms with Crippen LogP contribution in [-0.2, 0) is 4.74 Å². The van der Waals surface area contributed by atoms with E-state index in [1.807, 2.05) is 0 Å². The second-order valence-corrected chi connectivity index (χ2v) is 6.01. The lowest BCUT2D eigenvalue weighted by molar-refractivity contribution is -0.187. The first-order valence-corrected chi connectivity index (χ1v) is 6.10. The molecule has 1 saturated carbocycles. The van der Waals surface area contributed by atoms with Crippen molar-refractivity contribution in [1.82, 2.24) is 0 Å². The van der Waals surface area contributed by atoms with Crippen LogP contribution >= 0.6 is 0 Å². The minimum absolute atomic E-state index is 0.372. The Hall–Kier alpha value is -0.0151. The molecule has 2 aliphatic rings. The minimum Gasteiger partial charge on any atom is -0.366 e. The highest BCUT2D eigenvalue weighted by molar-refractivity contribution is 6.35. The van der Waals surface area contributed by atoms with E-state index in [4.69, 9.17) is 4.74 Å². The molecule has 3 heteroatoms. The second kappa shape index (κ2) is 3.78. The van der Waals surface area contributed by atoms with Gasteiger partial charge in [0, 0.05) is 0 Å². The highest BCUT2D eigenvalue weighted by atomic mass is 16.6. The molecule has 0 aromatic heterocycles. The molecule has 2 fully saturated rings. The van der Waals surface area contributed by atoms with E-state index in [1.54, 1.807) is 6.92 Å². The summed E-state index contributed by atoms with van der Waals surface area (Å²) < 4.78 is 5.64. The van der Waals surface area contributed by atoms with Gasteiger partial charge in [-0.3, -0.25) is 0 Å². The van der Waals surface area contributed by atoms with Gasteiger partial charge >= 0.3 is 0 Å². The van der Waals surface area contributed by atoms with Gasteiger partial charge < -0.3 is 9.84 Å². The predicted octanol–water partition coefficient (Wildman–Crippen LogP) is 2.32. The molecular weight excluding hydrogens is 187 g/mol. The van der Waals surface area contributed by atoms with Gasteiger partial charge in [-0.25, -0.2) is 0 Å². The Balaban J connectivity index is 2.12. The second-order valence-electron chi connectivity index (χ2n) is 6.01. The molecule has 1 aliphatic carbocycles. The van der Waals surface area contributed by atoms with Gasteiger partial charge in [0.2, 0.25) is 0 Å². The summed E-state index contributed by atoms with van der Waals surface area (Å²) >= 11 is 0. The molecule has 0 spiro atoms. The quantitative estimate of drug-likeness (QED) is 0.620. The Bertz CT molecular complexity index is 238. The van der Waals surface area contributed by atoms with Crippen LogP contribution in [0.2, 0.25) is 12.6 Å². The number of fused-ring (bicyclic) bond motifs is 2. The van der Waals surface area contributed by atoms with Gasteiger partial charge in [0.1, 0.15) is 7.28 Å². The molecule has 1 heterocycles. The summed E-state index contributed by atoms with van der Waals surface area (Å²) in [5.41, 5.74) is 0.372. The lowest BCUT2D eigenvalue weighted by Gasteiger charge is -2.33. The van der Waals surface area contributed by atoms with E-state index in [0.29, 0.717) is 24.3 Å². The molecule has 3 atom stereocenters. The van der Waals surface area contributed by atoms with E-state index in [9.17, 15) is 5.11 Å². The zero-order valence-corrected chi connectivity index (χ0v) is 10.1. The Labute approximate surface area is 93.6 Å². The Morgan fingerprint density at radius 1 is 1.20 bits per heavy atom. The van der Waals surface area contributed by atoms with E-state index in [1.165, 1.54) is 12.8 Å². The minimum atomic E-state index is -0.944. The van der Waals surface area contributed by atoms with Gasteiger partial charge in [-0.2, -0.15) is 0 Å². The van der Waals surface area contributed by atoms with E-state index >= 15 is 0 Å². The summed E-state index contributed by atoms with van der Waals surface area (Å²) in [5.74, 6) is 0.445. The summed E-state index contributed by atoms with van der Waals surface area (Å²) in [7, 11) is 2.21. The standard InChI is InChI=1S/C12H22BO2/c1-11(2)9-4-5-10(11)7-15-12(3,14)8-13-6-9/h9-10,14H,4-8H2,1-3H3. The predicted molar refractivity (Wildman–Crippen MR) is 61.9 cm³/mol. The molecule has 3 unspecified atom stereocenters. The Morgan fingerprint density at radius 2 is 1.87 bits per heavy atom. The number of ether oxygens (including phenoxy) is 1. The van der Waals surface area contributed by atoms with E-state index in [2.05, 4.69) is 21.1 Å². The maximum Gasteiger partial charge on any atom is 0.155 e. The first-order chi connectivity index (χ1) is 6.92. The summed E-state index contributed by atoms with van der Waals surface area (Å²) in [6.07, 6.45) is 4.36. The van der Waals surface area contributed by atoms with E-state index in [0.717, 1.165) is 12.2 Å². The molecular formula is C12H22BO2. The van der Waals surface area contributed by atoms with E-state index in [-0.39, 0.29) is 0 Å². The van der Waals surface area contributed by atoms with Crippen LogP contribution < -0.4 is 0 Å². The molecule has 1 saturated heterocycles. The largest absolute Gasteiger partial charge is 0.366 e. The topological polar surface area (TPSA) is 29.5 Å². The third kappa shape index (κ3) is 2.23. The van der Waals surface area contributed by atoms with Gasteiger partial charge in [0.15, 0.2) is 5.79 Å². The summed E-state index contributed by atoms with van der Waals surface area (Å²) in [4.78, 5) is 0. The lowest BCUT2D eigenvalue weighted by atomic mass is 9.60. The number of rotatable bonds is 0. The van der Waals surface area contributed by atoms with Crippen molar-refractivity contribution in [1.29, 1.82) is 0 Å². The molecule has 1 N–H and O–H groups in total. The molecule has 2 bridgehead atoms. The summed E-state index contributed by atoms with van der Waals surface area (Å²) in [6, 6.07) is 0. The maximum atomic E-state index is 9.95. The van der Waals surface area contributed by atoms with Crippen LogP contribution in [0.1, 0.15) is 33.6 Å². The van der Waals surface area contributed by atoms with Crippen molar-refractivity contribution in [3.63, 3.8) is 0 Å². The first kappa shape index (κ1) is 11.5. The normalized spacial score (nSPS) is 45.1. The van der Waals surface area contributed by atoms with Crippen molar-refractivity contribution in [2.45, 2.75) is 52.0 Å². The third-order valence-electron chi connectivity index (χ3n) is 4.54. The van der Waals surface area contributed by atoms with Crippen LogP contribution in [0.5, 0.6) is 0 Å². The van der Waals surface area contributed by atoms with Crippen LogP contribution in [-0.4, -0.2) is 24.8 Å². The summed E-state index contributed by atoms with van der Waals surface area (Å²) in [5, 5.41) is 9.95. The van der Waals surface area contributed by atoms with Crippen molar-refractivity contribution in [3.05, 3.63) is 0 Å². The molecule has 15 heavy (non-hydrogen) atoms. The highest BCUT2D eigenvalue weighted by Gasteiger charge is 2.44. The maximum absolute atomic E-state index is 9.95. The van der Waals surface area contributed by atoms with Gasteiger partial charge in [-0.05, 0) is 36.9 Å². The molecule has 1 aliphatic heterocycles. The Morgan fingerprint density at radius 3 is 2.60 bits per heavy atom. The zero-order valence-electron chi connectivity index (χ0n) is 10.1. The van der Waals surface area contributed by atoms with Crippen molar-refractivity contribution < 1.29 is 9.84 Å². The Kier molecular flexibility index (Phi) is 2.89. The molecule has 0 amide bonds. The number of hydrogen-bond donors (Lipinski definition) is 1. The third-order valence-corrected chi connectivity index (χ3v) is 4.54. The van der Waals surface area contributed by atoms with Crippen LogP contribution in [0.25, 0.3) is 0 Å². The van der Waals surface area contributed by atoms with Crippen molar-refractivity contribution in [3.8, 4) is 0 Å². The fraction of sp³-hybridized carbons (Fsp3) is 1.00. The lowest BCUT2D eigenvalue weighted by Crippen LogP contribution is -2.32. The monoisotopic (exact) mass is 209 g/mol.